The summed E-state index contributed by atoms with van der Waals surface area (Å²) in [6, 6.07) is 17.8. The summed E-state index contributed by atoms with van der Waals surface area (Å²) in [5.41, 5.74) is 3.46. The van der Waals surface area contributed by atoms with E-state index in [2.05, 4.69) is 4.98 Å². The predicted octanol–water partition coefficient (Wildman–Crippen LogP) is 3.60. The molecule has 0 fully saturated rings. The van der Waals surface area contributed by atoms with Gasteiger partial charge in [-0.15, -0.1) is 0 Å². The normalized spacial score (nSPS) is 11.5. The zero-order chi connectivity index (χ0) is 15.4. The van der Waals surface area contributed by atoms with E-state index in [1.165, 1.54) is 0 Å². The summed E-state index contributed by atoms with van der Waals surface area (Å²) in [6.07, 6.45) is 3.73. The average Bonchev–Trinajstić information content (AvgIpc) is 3.00. The summed E-state index contributed by atoms with van der Waals surface area (Å²) in [4.78, 5) is 9.23. The van der Waals surface area contributed by atoms with Gasteiger partial charge in [0.2, 0.25) is 0 Å². The Morgan fingerprint density at radius 2 is 1.77 bits per heavy atom. The topological polar surface area (TPSA) is 39.4 Å². The third kappa shape index (κ3) is 2.91. The maximum absolute atomic E-state index is 5.39. The van der Waals surface area contributed by atoms with Crippen molar-refractivity contribution in [1.29, 1.82) is 0 Å². The molecule has 0 bridgehead atoms. The number of hydrogen-bond acceptors (Lipinski definition) is 3. The number of benzene rings is 2. The number of hydrogen-bond donors (Lipinski definition) is 0. The van der Waals surface area contributed by atoms with Crippen LogP contribution in [0.2, 0.25) is 0 Å². The molecule has 0 saturated heterocycles. The van der Waals surface area contributed by atoms with E-state index < -0.39 is 0 Å². The smallest absolute Gasteiger partial charge is 0.144 e. The fourth-order valence-electron chi connectivity index (χ4n) is 2.24. The molecule has 2 aromatic carbocycles. The summed E-state index contributed by atoms with van der Waals surface area (Å²) >= 11 is 0. The lowest BCUT2D eigenvalue weighted by atomic mass is 10.1. The van der Waals surface area contributed by atoms with Crippen molar-refractivity contribution in [1.82, 2.24) is 9.55 Å². The van der Waals surface area contributed by atoms with Gasteiger partial charge in [-0.3, -0.25) is 0 Å². The second kappa shape index (κ2) is 6.26. The Balaban J connectivity index is 2.15. The summed E-state index contributed by atoms with van der Waals surface area (Å²) in [5.74, 6) is 0.742. The Kier molecular flexibility index (Phi) is 4.01. The molecule has 0 N–H and O–H groups in total. The molecule has 0 saturated carbocycles. The van der Waals surface area contributed by atoms with Crippen LogP contribution in [0.4, 0.5) is 5.69 Å². The summed E-state index contributed by atoms with van der Waals surface area (Å²) in [7, 11) is 3.60. The van der Waals surface area contributed by atoms with E-state index in [4.69, 9.17) is 9.73 Å². The minimum Gasteiger partial charge on any atom is -0.494 e. The SMILES string of the molecule is COc1ccccc1N=C(c1ccccc1)c1cn(C)cn1. The van der Waals surface area contributed by atoms with E-state index in [1.54, 1.807) is 13.4 Å². The molecule has 0 amide bonds. The third-order valence-corrected chi connectivity index (χ3v) is 3.31. The molecule has 0 radical (unpaired) electrons. The number of aromatic nitrogens is 2. The zero-order valence-electron chi connectivity index (χ0n) is 12.6. The molecular formula is C18H17N3O. The van der Waals surface area contributed by atoms with Crippen molar-refractivity contribution in [3.63, 3.8) is 0 Å². The molecule has 1 heterocycles. The lowest BCUT2D eigenvalue weighted by molar-refractivity contribution is 0.416. The molecular weight excluding hydrogens is 274 g/mol. The van der Waals surface area contributed by atoms with Gasteiger partial charge in [-0.1, -0.05) is 42.5 Å². The van der Waals surface area contributed by atoms with Crippen LogP contribution in [-0.4, -0.2) is 22.4 Å². The first-order valence-corrected chi connectivity index (χ1v) is 7.03. The number of para-hydroxylation sites is 2. The maximum atomic E-state index is 5.39. The first kappa shape index (κ1) is 14.1. The molecule has 3 aromatic rings. The Morgan fingerprint density at radius 3 is 2.45 bits per heavy atom. The lowest BCUT2D eigenvalue weighted by Gasteiger charge is -2.07. The Morgan fingerprint density at radius 1 is 1.05 bits per heavy atom. The number of rotatable bonds is 4. The van der Waals surface area contributed by atoms with Crippen molar-refractivity contribution >= 4 is 11.4 Å². The Bertz CT molecular complexity index is 791. The van der Waals surface area contributed by atoms with Crippen molar-refractivity contribution in [2.45, 2.75) is 0 Å². The number of nitrogens with zero attached hydrogens (tertiary/aromatic N) is 3. The summed E-state index contributed by atoms with van der Waals surface area (Å²) in [5, 5.41) is 0. The van der Waals surface area contributed by atoms with Gasteiger partial charge in [0.05, 0.1) is 19.1 Å². The second-order valence-electron chi connectivity index (χ2n) is 4.92. The van der Waals surface area contributed by atoms with E-state index in [0.29, 0.717) is 0 Å². The van der Waals surface area contributed by atoms with Gasteiger partial charge in [0, 0.05) is 18.8 Å². The highest BCUT2D eigenvalue weighted by molar-refractivity contribution is 6.12. The molecule has 22 heavy (non-hydrogen) atoms. The van der Waals surface area contributed by atoms with Crippen molar-refractivity contribution < 1.29 is 4.74 Å². The number of methoxy groups -OCH3 is 1. The first-order valence-electron chi connectivity index (χ1n) is 7.03. The van der Waals surface area contributed by atoms with Gasteiger partial charge in [0.15, 0.2) is 0 Å². The zero-order valence-corrected chi connectivity index (χ0v) is 12.6. The van der Waals surface area contributed by atoms with Crippen molar-refractivity contribution in [3.8, 4) is 5.75 Å². The van der Waals surface area contributed by atoms with Gasteiger partial charge in [-0.2, -0.15) is 0 Å². The third-order valence-electron chi connectivity index (χ3n) is 3.31. The molecule has 3 rings (SSSR count). The predicted molar refractivity (Wildman–Crippen MR) is 87.9 cm³/mol. The van der Waals surface area contributed by atoms with Gasteiger partial charge in [0.25, 0.3) is 0 Å². The molecule has 1 aromatic heterocycles. The van der Waals surface area contributed by atoms with Gasteiger partial charge in [-0.25, -0.2) is 9.98 Å². The molecule has 4 nitrogen and oxygen atoms in total. The van der Waals surface area contributed by atoms with Gasteiger partial charge in [0.1, 0.15) is 17.1 Å². The maximum Gasteiger partial charge on any atom is 0.144 e. The van der Waals surface area contributed by atoms with Crippen LogP contribution in [0, 0.1) is 0 Å². The van der Waals surface area contributed by atoms with E-state index in [1.807, 2.05) is 72.4 Å². The molecule has 0 aliphatic rings. The average molecular weight is 291 g/mol. The van der Waals surface area contributed by atoms with Crippen LogP contribution in [0.15, 0.2) is 72.1 Å². The quantitative estimate of drug-likeness (QED) is 0.689. The molecule has 110 valence electrons. The van der Waals surface area contributed by atoms with E-state index in [0.717, 1.165) is 28.4 Å². The lowest BCUT2D eigenvalue weighted by Crippen LogP contribution is -2.03. The van der Waals surface area contributed by atoms with Crippen molar-refractivity contribution in [3.05, 3.63) is 78.4 Å². The van der Waals surface area contributed by atoms with E-state index in [-0.39, 0.29) is 0 Å². The monoisotopic (exact) mass is 291 g/mol. The van der Waals surface area contributed by atoms with Crippen LogP contribution in [0.25, 0.3) is 0 Å². The highest BCUT2D eigenvalue weighted by Gasteiger charge is 2.11. The molecule has 4 heteroatoms. The van der Waals surface area contributed by atoms with Gasteiger partial charge >= 0.3 is 0 Å². The van der Waals surface area contributed by atoms with Gasteiger partial charge in [-0.05, 0) is 12.1 Å². The number of aliphatic imine (C=N–C) groups is 1. The standard InChI is InChI=1S/C18H17N3O/c1-21-12-16(19-13-21)18(14-8-4-3-5-9-14)20-15-10-6-7-11-17(15)22-2/h3-13H,1-2H3. The van der Waals surface area contributed by atoms with Crippen LogP contribution < -0.4 is 4.74 Å². The highest BCUT2D eigenvalue weighted by Crippen LogP contribution is 2.28. The van der Waals surface area contributed by atoms with Crippen molar-refractivity contribution in [2.24, 2.45) is 12.0 Å². The number of ether oxygens (including phenoxy) is 1. The molecule has 0 unspecified atom stereocenters. The largest absolute Gasteiger partial charge is 0.494 e. The Hall–Kier alpha value is -2.88. The van der Waals surface area contributed by atoms with Crippen LogP contribution in [0.5, 0.6) is 5.75 Å². The molecule has 0 aliphatic carbocycles. The Labute approximate surface area is 129 Å². The first-order chi connectivity index (χ1) is 10.8. The fourth-order valence-corrected chi connectivity index (χ4v) is 2.24. The van der Waals surface area contributed by atoms with E-state index in [9.17, 15) is 0 Å². The van der Waals surface area contributed by atoms with Crippen LogP contribution in [0.1, 0.15) is 11.3 Å². The molecule has 0 aliphatic heterocycles. The second-order valence-corrected chi connectivity index (χ2v) is 4.92. The molecule has 0 atom stereocenters. The summed E-state index contributed by atoms with van der Waals surface area (Å²) < 4.78 is 7.30. The minimum atomic E-state index is 0.742. The van der Waals surface area contributed by atoms with Crippen LogP contribution >= 0.6 is 0 Å². The van der Waals surface area contributed by atoms with Crippen molar-refractivity contribution in [2.75, 3.05) is 7.11 Å². The van der Waals surface area contributed by atoms with Crippen LogP contribution in [-0.2, 0) is 7.05 Å². The highest BCUT2D eigenvalue weighted by atomic mass is 16.5. The minimum absolute atomic E-state index is 0.742. The number of aryl methyl sites for hydroxylation is 1. The number of imidazole rings is 1. The van der Waals surface area contributed by atoms with E-state index >= 15 is 0 Å². The fraction of sp³-hybridized carbons (Fsp3) is 0.111. The summed E-state index contributed by atoms with van der Waals surface area (Å²) in [6.45, 7) is 0. The molecule has 0 spiro atoms. The van der Waals surface area contributed by atoms with Crippen LogP contribution in [0.3, 0.4) is 0 Å². The van der Waals surface area contributed by atoms with Gasteiger partial charge < -0.3 is 9.30 Å².